The molecule has 2 N–H and O–H groups in total. The summed E-state index contributed by atoms with van der Waals surface area (Å²) < 4.78 is 42.2. The zero-order valence-corrected chi connectivity index (χ0v) is 9.08. The summed E-state index contributed by atoms with van der Waals surface area (Å²) in [5.41, 5.74) is 0. The molecular formula is C9H12F3N3O2. The molecule has 0 saturated carbocycles. The number of aromatic nitrogens is 2. The Morgan fingerprint density at radius 2 is 2.12 bits per heavy atom. The summed E-state index contributed by atoms with van der Waals surface area (Å²) in [6.07, 6.45) is -4.64. The predicted octanol–water partition coefficient (Wildman–Crippen LogP) is 1.30. The number of rotatable bonds is 5. The molecule has 0 bridgehead atoms. The van der Waals surface area contributed by atoms with Crippen molar-refractivity contribution >= 4 is 5.82 Å². The molecule has 0 saturated heterocycles. The highest BCUT2D eigenvalue weighted by molar-refractivity contribution is 5.38. The van der Waals surface area contributed by atoms with Crippen molar-refractivity contribution in [1.29, 1.82) is 0 Å². The molecule has 0 aromatic carbocycles. The van der Waals surface area contributed by atoms with E-state index in [-0.39, 0.29) is 24.9 Å². The van der Waals surface area contributed by atoms with Gasteiger partial charge in [0.05, 0.1) is 6.61 Å². The minimum atomic E-state index is -4.64. The van der Waals surface area contributed by atoms with E-state index in [1.165, 1.54) is 6.07 Å². The van der Waals surface area contributed by atoms with Crippen molar-refractivity contribution in [2.24, 2.45) is 0 Å². The first kappa shape index (κ1) is 13.5. The summed E-state index contributed by atoms with van der Waals surface area (Å²) in [5.74, 6) is -1.47. The molecule has 0 amide bonds. The van der Waals surface area contributed by atoms with E-state index in [1.54, 1.807) is 6.92 Å². The second-order valence-electron chi connectivity index (χ2n) is 3.02. The van der Waals surface area contributed by atoms with E-state index in [2.05, 4.69) is 15.3 Å². The van der Waals surface area contributed by atoms with Crippen LogP contribution in [0.3, 0.4) is 0 Å². The average molecular weight is 251 g/mol. The normalized spacial score (nSPS) is 11.4. The third-order valence-electron chi connectivity index (χ3n) is 1.66. The molecule has 0 radical (unpaired) electrons. The lowest BCUT2D eigenvalue weighted by Crippen LogP contribution is -2.15. The van der Waals surface area contributed by atoms with Crippen LogP contribution in [0.4, 0.5) is 19.0 Å². The van der Waals surface area contributed by atoms with Gasteiger partial charge in [-0.05, 0) is 6.92 Å². The quantitative estimate of drug-likeness (QED) is 0.825. The fraction of sp³-hybridized carbons (Fsp3) is 0.556. The van der Waals surface area contributed by atoms with E-state index in [0.29, 0.717) is 6.54 Å². The lowest BCUT2D eigenvalue weighted by atomic mass is 10.5. The molecule has 0 atom stereocenters. The SMILES string of the molecule is CCNc1cc(OCCO)nc(C(F)(F)F)n1. The molecule has 0 spiro atoms. The number of nitrogens with one attached hydrogen (secondary N) is 1. The van der Waals surface area contributed by atoms with E-state index >= 15 is 0 Å². The molecule has 0 unspecified atom stereocenters. The number of ether oxygens (including phenoxy) is 1. The van der Waals surface area contributed by atoms with Crippen LogP contribution < -0.4 is 10.1 Å². The van der Waals surface area contributed by atoms with Crippen molar-refractivity contribution in [3.8, 4) is 5.88 Å². The minimum absolute atomic E-state index is 0.0303. The van der Waals surface area contributed by atoms with Gasteiger partial charge in [0.2, 0.25) is 11.7 Å². The molecule has 1 aromatic rings. The first-order chi connectivity index (χ1) is 7.97. The lowest BCUT2D eigenvalue weighted by molar-refractivity contribution is -0.145. The molecule has 5 nitrogen and oxygen atoms in total. The van der Waals surface area contributed by atoms with Gasteiger partial charge in [-0.2, -0.15) is 18.2 Å². The number of anilines is 1. The number of aliphatic hydroxyl groups excluding tert-OH is 1. The van der Waals surface area contributed by atoms with Crippen molar-refractivity contribution in [3.63, 3.8) is 0 Å². The van der Waals surface area contributed by atoms with Crippen molar-refractivity contribution < 1.29 is 23.0 Å². The second kappa shape index (κ2) is 5.67. The monoisotopic (exact) mass is 251 g/mol. The molecule has 1 heterocycles. The van der Waals surface area contributed by atoms with Crippen LogP contribution in [0.15, 0.2) is 6.07 Å². The molecule has 0 aliphatic heterocycles. The Labute approximate surface area is 95.6 Å². The highest BCUT2D eigenvalue weighted by Gasteiger charge is 2.35. The van der Waals surface area contributed by atoms with Gasteiger partial charge < -0.3 is 15.2 Å². The van der Waals surface area contributed by atoms with Crippen LogP contribution in [0, 0.1) is 0 Å². The maximum Gasteiger partial charge on any atom is 0.451 e. The Kier molecular flexibility index (Phi) is 4.50. The first-order valence-electron chi connectivity index (χ1n) is 4.91. The zero-order chi connectivity index (χ0) is 12.9. The highest BCUT2D eigenvalue weighted by Crippen LogP contribution is 2.28. The summed E-state index contributed by atoms with van der Waals surface area (Å²) in [6.45, 7) is 1.72. The van der Waals surface area contributed by atoms with E-state index in [9.17, 15) is 13.2 Å². The molecular weight excluding hydrogens is 239 g/mol. The van der Waals surface area contributed by atoms with Crippen LogP contribution in [0.25, 0.3) is 0 Å². The fourth-order valence-electron chi connectivity index (χ4n) is 1.05. The lowest BCUT2D eigenvalue weighted by Gasteiger charge is -2.10. The van der Waals surface area contributed by atoms with Crippen molar-refractivity contribution in [3.05, 3.63) is 11.9 Å². The molecule has 0 fully saturated rings. The summed E-state index contributed by atoms with van der Waals surface area (Å²) >= 11 is 0. The van der Waals surface area contributed by atoms with Gasteiger partial charge in [0.15, 0.2) is 0 Å². The number of alkyl halides is 3. The van der Waals surface area contributed by atoms with Crippen LogP contribution in [0.2, 0.25) is 0 Å². The summed E-state index contributed by atoms with van der Waals surface area (Å²) in [6, 6.07) is 1.24. The van der Waals surface area contributed by atoms with Crippen LogP contribution in [0.1, 0.15) is 12.7 Å². The Bertz CT molecular complexity index is 371. The van der Waals surface area contributed by atoms with Gasteiger partial charge in [0.1, 0.15) is 12.4 Å². The van der Waals surface area contributed by atoms with Gasteiger partial charge in [0, 0.05) is 12.6 Å². The zero-order valence-electron chi connectivity index (χ0n) is 9.08. The van der Waals surface area contributed by atoms with Crippen LogP contribution in [0.5, 0.6) is 5.88 Å². The van der Waals surface area contributed by atoms with Crippen LogP contribution >= 0.6 is 0 Å². The van der Waals surface area contributed by atoms with Gasteiger partial charge in [-0.3, -0.25) is 0 Å². The maximum atomic E-state index is 12.5. The summed E-state index contributed by atoms with van der Waals surface area (Å²) in [7, 11) is 0. The van der Waals surface area contributed by atoms with E-state index in [1.807, 2.05) is 0 Å². The van der Waals surface area contributed by atoms with Crippen molar-refractivity contribution in [2.45, 2.75) is 13.1 Å². The maximum absolute atomic E-state index is 12.5. The highest BCUT2D eigenvalue weighted by atomic mass is 19.4. The van der Waals surface area contributed by atoms with Gasteiger partial charge in [-0.25, -0.2) is 4.98 Å². The number of halogens is 3. The third-order valence-corrected chi connectivity index (χ3v) is 1.66. The van der Waals surface area contributed by atoms with Crippen LogP contribution in [-0.2, 0) is 6.18 Å². The van der Waals surface area contributed by atoms with E-state index in [0.717, 1.165) is 0 Å². The number of aliphatic hydroxyl groups is 1. The molecule has 17 heavy (non-hydrogen) atoms. The second-order valence-corrected chi connectivity index (χ2v) is 3.02. The minimum Gasteiger partial charge on any atom is -0.475 e. The summed E-state index contributed by atoms with van der Waals surface area (Å²) in [4.78, 5) is 6.53. The van der Waals surface area contributed by atoms with Crippen LogP contribution in [-0.4, -0.2) is 34.8 Å². The van der Waals surface area contributed by atoms with E-state index < -0.39 is 12.0 Å². The Balaban J connectivity index is 3.01. The smallest absolute Gasteiger partial charge is 0.451 e. The van der Waals surface area contributed by atoms with Gasteiger partial charge >= 0.3 is 6.18 Å². The Morgan fingerprint density at radius 3 is 2.65 bits per heavy atom. The topological polar surface area (TPSA) is 67.3 Å². The largest absolute Gasteiger partial charge is 0.475 e. The number of hydrogen-bond donors (Lipinski definition) is 2. The average Bonchev–Trinajstić information content (AvgIpc) is 2.25. The Hall–Kier alpha value is -1.57. The van der Waals surface area contributed by atoms with Crippen molar-refractivity contribution in [2.75, 3.05) is 25.1 Å². The molecule has 1 aromatic heterocycles. The number of nitrogens with zero attached hydrogens (tertiary/aromatic N) is 2. The standard InChI is InChI=1S/C9H12F3N3O2/c1-2-13-6-5-7(17-4-3-16)15-8(14-6)9(10,11)12/h5,16H,2-4H2,1H3,(H,13,14,15). The van der Waals surface area contributed by atoms with Crippen molar-refractivity contribution in [1.82, 2.24) is 9.97 Å². The van der Waals surface area contributed by atoms with Gasteiger partial charge in [-0.15, -0.1) is 0 Å². The fourth-order valence-corrected chi connectivity index (χ4v) is 1.05. The molecule has 96 valence electrons. The third kappa shape index (κ3) is 4.06. The molecule has 0 aliphatic carbocycles. The number of hydrogen-bond acceptors (Lipinski definition) is 5. The van der Waals surface area contributed by atoms with Gasteiger partial charge in [0.25, 0.3) is 0 Å². The molecule has 0 aliphatic rings. The summed E-state index contributed by atoms with van der Waals surface area (Å²) in [5, 5.41) is 11.2. The predicted molar refractivity (Wildman–Crippen MR) is 53.8 cm³/mol. The molecule has 1 rings (SSSR count). The van der Waals surface area contributed by atoms with E-state index in [4.69, 9.17) is 9.84 Å². The molecule has 8 heteroatoms. The Morgan fingerprint density at radius 1 is 1.41 bits per heavy atom. The van der Waals surface area contributed by atoms with Gasteiger partial charge in [-0.1, -0.05) is 0 Å². The first-order valence-corrected chi connectivity index (χ1v) is 4.91.